The maximum atomic E-state index is 5.85. The molecule has 0 fully saturated rings. The first-order valence-electron chi connectivity index (χ1n) is 4.06. The van der Waals surface area contributed by atoms with Crippen molar-refractivity contribution < 1.29 is 0 Å². The maximum absolute atomic E-state index is 5.85. The lowest BCUT2D eigenvalue weighted by Gasteiger charge is -2.11. The lowest BCUT2D eigenvalue weighted by atomic mass is 10.5. The highest BCUT2D eigenvalue weighted by molar-refractivity contribution is 6.30. The van der Waals surface area contributed by atoms with Gasteiger partial charge in [-0.3, -0.25) is 0 Å². The predicted molar refractivity (Wildman–Crippen MR) is 52.7 cm³/mol. The minimum Gasteiger partial charge on any atom is -0.349 e. The van der Waals surface area contributed by atoms with Gasteiger partial charge >= 0.3 is 0 Å². The molecule has 0 aliphatic carbocycles. The van der Waals surface area contributed by atoms with E-state index < -0.39 is 0 Å². The van der Waals surface area contributed by atoms with Gasteiger partial charge in [0.05, 0.1) is 5.02 Å². The Morgan fingerprint density at radius 3 is 2.58 bits per heavy atom. The van der Waals surface area contributed by atoms with Crippen LogP contribution in [0.4, 0.5) is 0 Å². The third-order valence-corrected chi connectivity index (χ3v) is 2.07. The molecule has 0 bridgehead atoms. The van der Waals surface area contributed by atoms with E-state index >= 15 is 0 Å². The number of hydrogen-bond donors (Lipinski definition) is 0. The van der Waals surface area contributed by atoms with Gasteiger partial charge in [0.25, 0.3) is 0 Å². The second-order valence-corrected chi connectivity index (χ2v) is 3.73. The zero-order valence-electron chi connectivity index (χ0n) is 7.84. The standard InChI is InChI=1S/C9H15ClN2/c1-8-6-9(10)7-12(8)5-4-11(2)3/h6-7H,4-5H2,1-3H3. The molecule has 0 spiro atoms. The van der Waals surface area contributed by atoms with Crippen LogP contribution < -0.4 is 0 Å². The van der Waals surface area contributed by atoms with Gasteiger partial charge in [-0.25, -0.2) is 0 Å². The van der Waals surface area contributed by atoms with Crippen molar-refractivity contribution in [3.05, 3.63) is 23.0 Å². The van der Waals surface area contributed by atoms with E-state index in [4.69, 9.17) is 11.6 Å². The summed E-state index contributed by atoms with van der Waals surface area (Å²) in [6.45, 7) is 4.12. The van der Waals surface area contributed by atoms with Gasteiger partial charge in [-0.15, -0.1) is 0 Å². The Morgan fingerprint density at radius 2 is 2.17 bits per heavy atom. The summed E-state index contributed by atoms with van der Waals surface area (Å²) in [6.07, 6.45) is 1.97. The van der Waals surface area contributed by atoms with E-state index in [9.17, 15) is 0 Å². The van der Waals surface area contributed by atoms with Crippen LogP contribution >= 0.6 is 11.6 Å². The van der Waals surface area contributed by atoms with Crippen LogP contribution in [0.15, 0.2) is 12.3 Å². The smallest absolute Gasteiger partial charge is 0.0585 e. The molecule has 0 radical (unpaired) electrons. The topological polar surface area (TPSA) is 8.17 Å². The molecule has 0 aromatic carbocycles. The van der Waals surface area contributed by atoms with E-state index in [-0.39, 0.29) is 0 Å². The van der Waals surface area contributed by atoms with E-state index in [0.29, 0.717) is 0 Å². The minimum absolute atomic E-state index is 0.825. The molecule has 2 nitrogen and oxygen atoms in total. The fraction of sp³-hybridized carbons (Fsp3) is 0.556. The fourth-order valence-electron chi connectivity index (χ4n) is 1.12. The van der Waals surface area contributed by atoms with Crippen LogP contribution in [-0.4, -0.2) is 30.1 Å². The summed E-state index contributed by atoms with van der Waals surface area (Å²) in [6, 6.07) is 1.98. The molecule has 1 heterocycles. The number of aryl methyl sites for hydroxylation is 1. The SMILES string of the molecule is Cc1cc(Cl)cn1CCN(C)C. The molecule has 68 valence electrons. The Labute approximate surface area is 78.7 Å². The molecular weight excluding hydrogens is 172 g/mol. The maximum Gasteiger partial charge on any atom is 0.0585 e. The first-order chi connectivity index (χ1) is 5.59. The first kappa shape index (κ1) is 9.62. The third-order valence-electron chi connectivity index (χ3n) is 1.87. The number of halogens is 1. The van der Waals surface area contributed by atoms with Crippen LogP contribution in [0.5, 0.6) is 0 Å². The van der Waals surface area contributed by atoms with Gasteiger partial charge in [0.2, 0.25) is 0 Å². The molecule has 12 heavy (non-hydrogen) atoms. The van der Waals surface area contributed by atoms with E-state index in [0.717, 1.165) is 18.1 Å². The normalized spacial score (nSPS) is 11.1. The molecule has 0 aliphatic rings. The molecule has 3 heteroatoms. The number of likely N-dealkylation sites (N-methyl/N-ethyl adjacent to an activating group) is 1. The summed E-state index contributed by atoms with van der Waals surface area (Å²) in [5, 5.41) is 0.825. The molecular formula is C9H15ClN2. The summed E-state index contributed by atoms with van der Waals surface area (Å²) in [7, 11) is 4.14. The Kier molecular flexibility index (Phi) is 3.18. The monoisotopic (exact) mass is 186 g/mol. The van der Waals surface area contributed by atoms with Crippen LogP contribution in [0.2, 0.25) is 5.02 Å². The van der Waals surface area contributed by atoms with E-state index in [1.54, 1.807) is 0 Å². The van der Waals surface area contributed by atoms with Gasteiger partial charge in [-0.05, 0) is 27.1 Å². The van der Waals surface area contributed by atoms with Crippen LogP contribution in [0, 0.1) is 6.92 Å². The van der Waals surface area contributed by atoms with Crippen molar-refractivity contribution in [3.8, 4) is 0 Å². The lowest BCUT2D eigenvalue weighted by molar-refractivity contribution is 0.382. The van der Waals surface area contributed by atoms with Crippen molar-refractivity contribution in [2.75, 3.05) is 20.6 Å². The quantitative estimate of drug-likeness (QED) is 0.701. The Balaban J connectivity index is 2.57. The predicted octanol–water partition coefficient (Wildman–Crippen LogP) is 2.01. The number of rotatable bonds is 3. The molecule has 0 unspecified atom stereocenters. The van der Waals surface area contributed by atoms with Gasteiger partial charge < -0.3 is 9.47 Å². The van der Waals surface area contributed by atoms with Crippen LogP contribution in [0.1, 0.15) is 5.69 Å². The summed E-state index contributed by atoms with van der Waals surface area (Å²) in [4.78, 5) is 2.16. The van der Waals surface area contributed by atoms with Crippen molar-refractivity contribution in [1.29, 1.82) is 0 Å². The molecule has 0 saturated carbocycles. The lowest BCUT2D eigenvalue weighted by Crippen LogP contribution is -2.18. The van der Waals surface area contributed by atoms with E-state index in [1.165, 1.54) is 5.69 Å². The highest BCUT2D eigenvalue weighted by atomic mass is 35.5. The number of aromatic nitrogens is 1. The van der Waals surface area contributed by atoms with Gasteiger partial charge in [0.15, 0.2) is 0 Å². The fourth-order valence-corrected chi connectivity index (χ4v) is 1.39. The van der Waals surface area contributed by atoms with Crippen molar-refractivity contribution >= 4 is 11.6 Å². The zero-order chi connectivity index (χ0) is 9.14. The Hall–Kier alpha value is -0.470. The van der Waals surface area contributed by atoms with E-state index in [2.05, 4.69) is 30.5 Å². The first-order valence-corrected chi connectivity index (χ1v) is 4.44. The summed E-state index contributed by atoms with van der Waals surface area (Å²) >= 11 is 5.85. The second-order valence-electron chi connectivity index (χ2n) is 3.30. The summed E-state index contributed by atoms with van der Waals surface area (Å²) in [5.41, 5.74) is 1.22. The number of nitrogens with zero attached hydrogens (tertiary/aromatic N) is 2. The van der Waals surface area contributed by atoms with Crippen LogP contribution in [0.25, 0.3) is 0 Å². The largest absolute Gasteiger partial charge is 0.349 e. The summed E-state index contributed by atoms with van der Waals surface area (Å²) in [5.74, 6) is 0. The highest BCUT2D eigenvalue weighted by Gasteiger charge is 1.99. The molecule has 1 aromatic rings. The van der Waals surface area contributed by atoms with E-state index in [1.807, 2.05) is 12.3 Å². The zero-order valence-corrected chi connectivity index (χ0v) is 8.60. The van der Waals surface area contributed by atoms with Gasteiger partial charge in [-0.1, -0.05) is 11.6 Å². The van der Waals surface area contributed by atoms with Crippen molar-refractivity contribution in [2.24, 2.45) is 0 Å². The molecule has 0 atom stereocenters. The molecule has 0 N–H and O–H groups in total. The van der Waals surface area contributed by atoms with Crippen LogP contribution in [-0.2, 0) is 6.54 Å². The molecule has 0 aliphatic heterocycles. The van der Waals surface area contributed by atoms with Crippen molar-refractivity contribution in [1.82, 2.24) is 9.47 Å². The Bertz CT molecular complexity index is 253. The molecule has 1 aromatic heterocycles. The molecule has 1 rings (SSSR count). The second kappa shape index (κ2) is 3.97. The minimum atomic E-state index is 0.825. The Morgan fingerprint density at radius 1 is 1.50 bits per heavy atom. The van der Waals surface area contributed by atoms with Crippen LogP contribution in [0.3, 0.4) is 0 Å². The molecule has 0 amide bonds. The van der Waals surface area contributed by atoms with Gasteiger partial charge in [0, 0.05) is 25.0 Å². The highest BCUT2D eigenvalue weighted by Crippen LogP contribution is 2.12. The van der Waals surface area contributed by atoms with Crippen molar-refractivity contribution in [3.63, 3.8) is 0 Å². The average molecular weight is 187 g/mol. The third kappa shape index (κ3) is 2.54. The average Bonchev–Trinajstić information content (AvgIpc) is 2.26. The van der Waals surface area contributed by atoms with Crippen molar-refractivity contribution in [2.45, 2.75) is 13.5 Å². The van der Waals surface area contributed by atoms with Gasteiger partial charge in [0.1, 0.15) is 0 Å². The summed E-state index contributed by atoms with van der Waals surface area (Å²) < 4.78 is 2.17. The number of hydrogen-bond acceptors (Lipinski definition) is 1. The molecule has 0 saturated heterocycles. The van der Waals surface area contributed by atoms with Gasteiger partial charge in [-0.2, -0.15) is 0 Å².